The lowest BCUT2D eigenvalue weighted by atomic mass is 10.2. The van der Waals surface area contributed by atoms with Gasteiger partial charge in [0.05, 0.1) is 11.0 Å². The highest BCUT2D eigenvalue weighted by molar-refractivity contribution is 6.31. The third-order valence-corrected chi connectivity index (χ3v) is 3.51. The topological polar surface area (TPSA) is 27.1 Å². The van der Waals surface area contributed by atoms with Gasteiger partial charge in [-0.1, -0.05) is 11.6 Å². The predicted octanol–water partition coefficient (Wildman–Crippen LogP) is 3.56. The van der Waals surface area contributed by atoms with Gasteiger partial charge in [-0.3, -0.25) is 0 Å². The molecule has 1 saturated heterocycles. The van der Waals surface area contributed by atoms with Crippen molar-refractivity contribution in [1.82, 2.24) is 9.55 Å². The Morgan fingerprint density at radius 3 is 3.12 bits per heavy atom. The summed E-state index contributed by atoms with van der Waals surface area (Å²) in [6, 6.07) is 5.84. The number of imidazole rings is 1. The van der Waals surface area contributed by atoms with Crippen LogP contribution in [0.5, 0.6) is 0 Å². The van der Waals surface area contributed by atoms with Crippen molar-refractivity contribution in [1.29, 1.82) is 0 Å². The highest BCUT2D eigenvalue weighted by atomic mass is 35.5. The van der Waals surface area contributed by atoms with Crippen molar-refractivity contribution in [3.8, 4) is 0 Å². The van der Waals surface area contributed by atoms with Crippen LogP contribution in [0.15, 0.2) is 18.2 Å². The van der Waals surface area contributed by atoms with Crippen LogP contribution in [-0.2, 0) is 11.3 Å². The Hall–Kier alpha value is -1.06. The third-order valence-electron chi connectivity index (χ3n) is 3.27. The van der Waals surface area contributed by atoms with E-state index in [0.717, 1.165) is 47.9 Å². The molecule has 1 unspecified atom stereocenters. The Morgan fingerprint density at radius 1 is 1.53 bits per heavy atom. The van der Waals surface area contributed by atoms with Crippen LogP contribution >= 0.6 is 11.6 Å². The Bertz CT molecular complexity index is 544. The molecule has 90 valence electrons. The quantitative estimate of drug-likeness (QED) is 0.815. The lowest BCUT2D eigenvalue weighted by Crippen LogP contribution is -2.07. The van der Waals surface area contributed by atoms with Gasteiger partial charge in [-0.15, -0.1) is 0 Å². The van der Waals surface area contributed by atoms with Crippen LogP contribution in [0.3, 0.4) is 0 Å². The number of hydrogen-bond donors (Lipinski definition) is 0. The summed E-state index contributed by atoms with van der Waals surface area (Å²) < 4.78 is 7.93. The zero-order valence-corrected chi connectivity index (χ0v) is 10.6. The van der Waals surface area contributed by atoms with Gasteiger partial charge in [-0.05, 0) is 38.0 Å². The second-order valence-electron chi connectivity index (χ2n) is 4.35. The molecule has 1 aliphatic rings. The molecule has 0 amide bonds. The van der Waals surface area contributed by atoms with Crippen molar-refractivity contribution in [3.05, 3.63) is 29.0 Å². The molecule has 1 atom stereocenters. The Morgan fingerprint density at radius 2 is 2.41 bits per heavy atom. The van der Waals surface area contributed by atoms with Crippen LogP contribution in [-0.4, -0.2) is 16.2 Å². The molecule has 1 aromatic carbocycles. The van der Waals surface area contributed by atoms with E-state index in [1.165, 1.54) is 0 Å². The van der Waals surface area contributed by atoms with Gasteiger partial charge in [-0.25, -0.2) is 4.98 Å². The molecule has 0 aliphatic carbocycles. The van der Waals surface area contributed by atoms with E-state index in [4.69, 9.17) is 16.3 Å². The highest BCUT2D eigenvalue weighted by Crippen LogP contribution is 2.31. The number of hydrogen-bond acceptors (Lipinski definition) is 2. The SMILES string of the molecule is CCn1c(C2CCCO2)nc2ccc(Cl)cc21. The summed E-state index contributed by atoms with van der Waals surface area (Å²) >= 11 is 6.04. The number of halogens is 1. The van der Waals surface area contributed by atoms with Crippen LogP contribution in [0.25, 0.3) is 11.0 Å². The standard InChI is InChI=1S/C13H15ClN2O/c1-2-16-11-8-9(14)5-6-10(11)15-13(16)12-4-3-7-17-12/h5-6,8,12H,2-4,7H2,1H3. The first kappa shape index (κ1) is 11.1. The van der Waals surface area contributed by atoms with Gasteiger partial charge in [-0.2, -0.15) is 0 Å². The zero-order valence-electron chi connectivity index (χ0n) is 9.82. The normalized spacial score (nSPS) is 20.2. The Labute approximate surface area is 105 Å². The molecule has 1 aromatic heterocycles. The van der Waals surface area contributed by atoms with Gasteiger partial charge in [0.15, 0.2) is 0 Å². The lowest BCUT2D eigenvalue weighted by Gasteiger charge is -2.11. The van der Waals surface area contributed by atoms with Gasteiger partial charge in [0.2, 0.25) is 0 Å². The number of rotatable bonds is 2. The summed E-state index contributed by atoms with van der Waals surface area (Å²) in [5.41, 5.74) is 2.10. The van der Waals surface area contributed by atoms with Crippen LogP contribution in [0.1, 0.15) is 31.7 Å². The van der Waals surface area contributed by atoms with Crippen LogP contribution in [0.4, 0.5) is 0 Å². The van der Waals surface area contributed by atoms with Crippen LogP contribution < -0.4 is 0 Å². The molecule has 0 spiro atoms. The smallest absolute Gasteiger partial charge is 0.139 e. The van der Waals surface area contributed by atoms with Crippen molar-refractivity contribution < 1.29 is 4.74 Å². The number of ether oxygens (including phenoxy) is 1. The zero-order chi connectivity index (χ0) is 11.8. The number of benzene rings is 1. The molecule has 3 rings (SSSR count). The summed E-state index contributed by atoms with van der Waals surface area (Å²) in [6.07, 6.45) is 2.34. The van der Waals surface area contributed by atoms with Crippen molar-refractivity contribution >= 4 is 22.6 Å². The van der Waals surface area contributed by atoms with Crippen molar-refractivity contribution in [2.75, 3.05) is 6.61 Å². The fraction of sp³-hybridized carbons (Fsp3) is 0.462. The van der Waals surface area contributed by atoms with Gasteiger partial charge in [0, 0.05) is 18.2 Å². The van der Waals surface area contributed by atoms with E-state index >= 15 is 0 Å². The molecule has 0 bridgehead atoms. The van der Waals surface area contributed by atoms with E-state index in [0.29, 0.717) is 0 Å². The lowest BCUT2D eigenvalue weighted by molar-refractivity contribution is 0.102. The molecular formula is C13H15ClN2O. The maximum absolute atomic E-state index is 6.04. The minimum absolute atomic E-state index is 0.154. The van der Waals surface area contributed by atoms with Crippen LogP contribution in [0, 0.1) is 0 Å². The van der Waals surface area contributed by atoms with E-state index in [2.05, 4.69) is 16.5 Å². The molecule has 1 aliphatic heterocycles. The van der Waals surface area contributed by atoms with E-state index in [9.17, 15) is 0 Å². The molecule has 3 nitrogen and oxygen atoms in total. The first-order valence-electron chi connectivity index (χ1n) is 6.07. The minimum Gasteiger partial charge on any atom is -0.370 e. The van der Waals surface area contributed by atoms with E-state index in [1.54, 1.807) is 0 Å². The van der Waals surface area contributed by atoms with Crippen molar-refractivity contribution in [3.63, 3.8) is 0 Å². The summed E-state index contributed by atoms with van der Waals surface area (Å²) in [5.74, 6) is 1.04. The molecule has 0 radical (unpaired) electrons. The second-order valence-corrected chi connectivity index (χ2v) is 4.79. The minimum atomic E-state index is 0.154. The molecule has 2 aromatic rings. The maximum Gasteiger partial charge on any atom is 0.139 e. The Kier molecular flexibility index (Phi) is 2.81. The monoisotopic (exact) mass is 250 g/mol. The average molecular weight is 251 g/mol. The maximum atomic E-state index is 6.04. The number of fused-ring (bicyclic) bond motifs is 1. The summed E-state index contributed by atoms with van der Waals surface area (Å²) in [5, 5.41) is 0.756. The summed E-state index contributed by atoms with van der Waals surface area (Å²) in [7, 11) is 0. The molecule has 0 saturated carbocycles. The summed E-state index contributed by atoms with van der Waals surface area (Å²) in [4.78, 5) is 4.69. The number of aromatic nitrogens is 2. The van der Waals surface area contributed by atoms with E-state index in [1.807, 2.05) is 18.2 Å². The van der Waals surface area contributed by atoms with Gasteiger partial charge < -0.3 is 9.30 Å². The molecule has 0 N–H and O–H groups in total. The third kappa shape index (κ3) is 1.83. The van der Waals surface area contributed by atoms with E-state index < -0.39 is 0 Å². The average Bonchev–Trinajstić information content (AvgIpc) is 2.94. The van der Waals surface area contributed by atoms with Crippen LogP contribution in [0.2, 0.25) is 5.02 Å². The molecule has 17 heavy (non-hydrogen) atoms. The molecule has 1 fully saturated rings. The first-order valence-corrected chi connectivity index (χ1v) is 6.44. The molecule has 4 heteroatoms. The fourth-order valence-electron chi connectivity index (χ4n) is 2.47. The van der Waals surface area contributed by atoms with E-state index in [-0.39, 0.29) is 6.10 Å². The van der Waals surface area contributed by atoms with Gasteiger partial charge >= 0.3 is 0 Å². The van der Waals surface area contributed by atoms with Gasteiger partial charge in [0.1, 0.15) is 11.9 Å². The fourth-order valence-corrected chi connectivity index (χ4v) is 2.64. The molecule has 2 heterocycles. The highest BCUT2D eigenvalue weighted by Gasteiger charge is 2.23. The first-order chi connectivity index (χ1) is 8.29. The van der Waals surface area contributed by atoms with Crippen molar-refractivity contribution in [2.24, 2.45) is 0 Å². The predicted molar refractivity (Wildman–Crippen MR) is 68.3 cm³/mol. The summed E-state index contributed by atoms with van der Waals surface area (Å²) in [6.45, 7) is 3.87. The Balaban J connectivity index is 2.17. The van der Waals surface area contributed by atoms with Gasteiger partial charge in [0.25, 0.3) is 0 Å². The number of nitrogens with zero attached hydrogens (tertiary/aromatic N) is 2. The second kappa shape index (κ2) is 4.31. The molecular weight excluding hydrogens is 236 g/mol. The largest absolute Gasteiger partial charge is 0.370 e. The van der Waals surface area contributed by atoms with Crippen molar-refractivity contribution in [2.45, 2.75) is 32.4 Å². The number of aryl methyl sites for hydroxylation is 1.